The van der Waals surface area contributed by atoms with Crippen LogP contribution in [-0.4, -0.2) is 54.5 Å². The highest BCUT2D eigenvalue weighted by atomic mass is 16.5. The Morgan fingerprint density at radius 2 is 1.96 bits per heavy atom. The molecule has 6 nitrogen and oxygen atoms in total. The van der Waals surface area contributed by atoms with Crippen molar-refractivity contribution in [1.29, 1.82) is 0 Å². The van der Waals surface area contributed by atoms with Crippen LogP contribution in [0.15, 0.2) is 41.2 Å². The molecular formula is C19H23N3O3. The van der Waals surface area contributed by atoms with Gasteiger partial charge in [0.2, 0.25) is 0 Å². The summed E-state index contributed by atoms with van der Waals surface area (Å²) in [5.41, 5.74) is 1.64. The lowest BCUT2D eigenvalue weighted by Gasteiger charge is -2.40. The van der Waals surface area contributed by atoms with E-state index in [4.69, 9.17) is 4.74 Å². The van der Waals surface area contributed by atoms with Crippen LogP contribution in [0.2, 0.25) is 0 Å². The number of hydrogen-bond donors (Lipinski definition) is 1. The molecular weight excluding hydrogens is 318 g/mol. The second-order valence-corrected chi connectivity index (χ2v) is 6.37. The maximum Gasteiger partial charge on any atom is 0.260 e. The Morgan fingerprint density at radius 1 is 1.20 bits per heavy atom. The van der Waals surface area contributed by atoms with Crippen molar-refractivity contribution in [3.63, 3.8) is 0 Å². The largest absolute Gasteiger partial charge is 0.496 e. The minimum absolute atomic E-state index is 0.0263. The number of aromatic amines is 1. The van der Waals surface area contributed by atoms with Crippen LogP contribution < -0.4 is 10.3 Å². The van der Waals surface area contributed by atoms with Crippen LogP contribution in [0.1, 0.15) is 27.7 Å². The highest BCUT2D eigenvalue weighted by molar-refractivity contribution is 5.94. The number of hydrogen-bond acceptors (Lipinski definition) is 4. The normalized spacial score (nSPS) is 18.2. The Labute approximate surface area is 147 Å². The van der Waals surface area contributed by atoms with Crippen molar-refractivity contribution in [2.75, 3.05) is 33.8 Å². The molecule has 0 saturated carbocycles. The molecule has 0 spiro atoms. The topological polar surface area (TPSA) is 65.6 Å². The highest BCUT2D eigenvalue weighted by Gasteiger charge is 2.31. The van der Waals surface area contributed by atoms with E-state index in [1.807, 2.05) is 31.3 Å². The van der Waals surface area contributed by atoms with Crippen molar-refractivity contribution in [2.24, 2.45) is 0 Å². The number of carbonyl (C=O) groups excluding carboxylic acids is 1. The fourth-order valence-electron chi connectivity index (χ4n) is 3.25. The summed E-state index contributed by atoms with van der Waals surface area (Å²) in [7, 11) is 3.69. The van der Waals surface area contributed by atoms with Gasteiger partial charge in [0.05, 0.1) is 13.2 Å². The molecule has 2 heterocycles. The highest BCUT2D eigenvalue weighted by Crippen LogP contribution is 2.31. The fraction of sp³-hybridized carbons (Fsp3) is 0.368. The van der Waals surface area contributed by atoms with Crippen LogP contribution in [0.5, 0.6) is 5.75 Å². The molecule has 1 aromatic carbocycles. The van der Waals surface area contributed by atoms with E-state index in [1.165, 1.54) is 0 Å². The number of aromatic nitrogens is 1. The first-order valence-corrected chi connectivity index (χ1v) is 8.33. The van der Waals surface area contributed by atoms with Crippen LogP contribution in [0, 0.1) is 6.92 Å². The SMILES string of the molecule is COc1ccccc1[C@H]1CN(C(=O)c2ccc(C)[nH]c2=O)CCN1C. The summed E-state index contributed by atoms with van der Waals surface area (Å²) in [6.45, 7) is 3.64. The van der Waals surface area contributed by atoms with Crippen LogP contribution in [-0.2, 0) is 0 Å². The maximum absolute atomic E-state index is 12.8. The van der Waals surface area contributed by atoms with Crippen molar-refractivity contribution >= 4 is 5.91 Å². The van der Waals surface area contributed by atoms with Crippen molar-refractivity contribution in [2.45, 2.75) is 13.0 Å². The van der Waals surface area contributed by atoms with Crippen molar-refractivity contribution in [1.82, 2.24) is 14.8 Å². The van der Waals surface area contributed by atoms with Gasteiger partial charge in [0, 0.05) is 30.9 Å². The van der Waals surface area contributed by atoms with Crippen LogP contribution in [0.25, 0.3) is 0 Å². The molecule has 1 fully saturated rings. The van der Waals surface area contributed by atoms with E-state index >= 15 is 0 Å². The number of carbonyl (C=O) groups is 1. The monoisotopic (exact) mass is 341 g/mol. The molecule has 132 valence electrons. The quantitative estimate of drug-likeness (QED) is 0.925. The van der Waals surface area contributed by atoms with Crippen molar-refractivity contribution in [3.8, 4) is 5.75 Å². The molecule has 1 aliphatic rings. The molecule has 1 amide bonds. The average molecular weight is 341 g/mol. The molecule has 1 aliphatic heterocycles. The number of para-hydroxylation sites is 1. The van der Waals surface area contributed by atoms with Gasteiger partial charge in [0.25, 0.3) is 11.5 Å². The number of pyridine rings is 1. The van der Waals surface area contributed by atoms with E-state index in [-0.39, 0.29) is 23.1 Å². The number of amides is 1. The third-order valence-corrected chi connectivity index (χ3v) is 4.72. The van der Waals surface area contributed by atoms with Gasteiger partial charge >= 0.3 is 0 Å². The number of nitrogens with zero attached hydrogens (tertiary/aromatic N) is 2. The molecule has 1 saturated heterocycles. The lowest BCUT2D eigenvalue weighted by molar-refractivity contribution is 0.0540. The van der Waals surface area contributed by atoms with Crippen LogP contribution in [0.3, 0.4) is 0 Å². The van der Waals surface area contributed by atoms with Gasteiger partial charge in [0.15, 0.2) is 0 Å². The Hall–Kier alpha value is -2.60. The smallest absolute Gasteiger partial charge is 0.260 e. The summed E-state index contributed by atoms with van der Waals surface area (Å²) in [6.07, 6.45) is 0. The molecule has 25 heavy (non-hydrogen) atoms. The number of piperazine rings is 1. The van der Waals surface area contributed by atoms with E-state index in [2.05, 4.69) is 9.88 Å². The van der Waals surface area contributed by atoms with Gasteiger partial charge in [0.1, 0.15) is 11.3 Å². The molecule has 0 aliphatic carbocycles. The molecule has 2 aromatic rings. The van der Waals surface area contributed by atoms with E-state index in [0.29, 0.717) is 13.1 Å². The first-order chi connectivity index (χ1) is 12.0. The summed E-state index contributed by atoms with van der Waals surface area (Å²) in [4.78, 5) is 31.6. The molecule has 1 N–H and O–H groups in total. The first kappa shape index (κ1) is 17.2. The second-order valence-electron chi connectivity index (χ2n) is 6.37. The van der Waals surface area contributed by atoms with Gasteiger partial charge in [-0.25, -0.2) is 0 Å². The average Bonchev–Trinajstić information content (AvgIpc) is 2.61. The maximum atomic E-state index is 12.8. The summed E-state index contributed by atoms with van der Waals surface area (Å²) in [5, 5.41) is 0. The molecule has 3 rings (SSSR count). The predicted molar refractivity (Wildman–Crippen MR) is 96.1 cm³/mol. The summed E-state index contributed by atoms with van der Waals surface area (Å²) in [5.74, 6) is 0.580. The Balaban J connectivity index is 1.87. The number of ether oxygens (including phenoxy) is 1. The Kier molecular flexibility index (Phi) is 4.90. The number of methoxy groups -OCH3 is 1. The fourth-order valence-corrected chi connectivity index (χ4v) is 3.25. The van der Waals surface area contributed by atoms with Crippen LogP contribution in [0.4, 0.5) is 0 Å². The zero-order chi connectivity index (χ0) is 18.0. The van der Waals surface area contributed by atoms with Gasteiger partial charge < -0.3 is 14.6 Å². The Morgan fingerprint density at radius 3 is 2.68 bits per heavy atom. The molecule has 0 radical (unpaired) electrons. The van der Waals surface area contributed by atoms with E-state index in [0.717, 1.165) is 23.6 Å². The van der Waals surface area contributed by atoms with E-state index < -0.39 is 0 Å². The third-order valence-electron chi connectivity index (χ3n) is 4.72. The third kappa shape index (κ3) is 3.44. The van der Waals surface area contributed by atoms with Gasteiger partial charge in [-0.15, -0.1) is 0 Å². The zero-order valence-electron chi connectivity index (χ0n) is 14.8. The summed E-state index contributed by atoms with van der Waals surface area (Å²) >= 11 is 0. The number of rotatable bonds is 3. The number of H-pyrrole nitrogens is 1. The number of likely N-dealkylation sites (N-methyl/N-ethyl adjacent to an activating group) is 1. The lowest BCUT2D eigenvalue weighted by Crippen LogP contribution is -2.49. The van der Waals surface area contributed by atoms with Gasteiger partial charge in [-0.2, -0.15) is 0 Å². The standard InChI is InChI=1S/C19H23N3O3/c1-13-8-9-15(18(23)20-13)19(24)22-11-10-21(2)16(12-22)14-6-4-5-7-17(14)25-3/h4-9,16H,10-12H2,1-3H3,(H,20,23)/t16-/m1/s1. The summed E-state index contributed by atoms with van der Waals surface area (Å²) < 4.78 is 5.47. The van der Waals surface area contributed by atoms with E-state index in [9.17, 15) is 9.59 Å². The molecule has 6 heteroatoms. The van der Waals surface area contributed by atoms with Crippen molar-refractivity contribution in [3.05, 3.63) is 63.6 Å². The lowest BCUT2D eigenvalue weighted by atomic mass is 10.0. The summed E-state index contributed by atoms with van der Waals surface area (Å²) in [6, 6.07) is 11.2. The minimum Gasteiger partial charge on any atom is -0.496 e. The number of aryl methyl sites for hydroxylation is 1. The van der Waals surface area contributed by atoms with Crippen LogP contribution >= 0.6 is 0 Å². The predicted octanol–water partition coefficient (Wildman–Crippen LogP) is 1.82. The molecule has 0 bridgehead atoms. The number of nitrogens with one attached hydrogen (secondary N) is 1. The first-order valence-electron chi connectivity index (χ1n) is 8.33. The van der Waals surface area contributed by atoms with Crippen molar-refractivity contribution < 1.29 is 9.53 Å². The van der Waals surface area contributed by atoms with Gasteiger partial charge in [-0.1, -0.05) is 18.2 Å². The number of benzene rings is 1. The molecule has 0 unspecified atom stereocenters. The minimum atomic E-state index is -0.335. The zero-order valence-corrected chi connectivity index (χ0v) is 14.8. The van der Waals surface area contributed by atoms with E-state index in [1.54, 1.807) is 31.1 Å². The molecule has 1 atom stereocenters. The van der Waals surface area contributed by atoms with Gasteiger partial charge in [-0.05, 0) is 32.2 Å². The second kappa shape index (κ2) is 7.11. The molecule has 1 aromatic heterocycles. The Bertz CT molecular complexity index is 831. The van der Waals surface area contributed by atoms with Gasteiger partial charge in [-0.3, -0.25) is 14.5 Å².